The molecule has 0 unspecified atom stereocenters. The SMILES string of the molecule is CC1(C)O[C@H](CO)C[C@H](CNC[C@H]2C[C@@H](CO)OC(C)(C)O2)O1. The van der Waals surface area contributed by atoms with Crippen LogP contribution in [0.2, 0.25) is 0 Å². The molecule has 0 radical (unpaired) electrons. The van der Waals surface area contributed by atoms with Gasteiger partial charge in [-0.1, -0.05) is 0 Å². The van der Waals surface area contributed by atoms with E-state index in [0.29, 0.717) is 25.9 Å². The summed E-state index contributed by atoms with van der Waals surface area (Å²) in [5.41, 5.74) is 0. The minimum absolute atomic E-state index is 0.00126. The molecule has 0 aromatic rings. The molecule has 136 valence electrons. The summed E-state index contributed by atoms with van der Waals surface area (Å²) in [6.45, 7) is 8.75. The van der Waals surface area contributed by atoms with E-state index in [1.54, 1.807) is 0 Å². The average molecular weight is 333 g/mol. The van der Waals surface area contributed by atoms with E-state index < -0.39 is 11.6 Å². The second kappa shape index (κ2) is 7.74. The van der Waals surface area contributed by atoms with E-state index in [0.717, 1.165) is 0 Å². The van der Waals surface area contributed by atoms with E-state index in [1.165, 1.54) is 0 Å². The number of rotatable bonds is 6. The third kappa shape index (κ3) is 5.94. The van der Waals surface area contributed by atoms with Crippen LogP contribution in [-0.4, -0.2) is 72.5 Å². The monoisotopic (exact) mass is 333 g/mol. The largest absolute Gasteiger partial charge is 0.394 e. The van der Waals surface area contributed by atoms with E-state index in [1.807, 2.05) is 27.7 Å². The van der Waals surface area contributed by atoms with E-state index in [2.05, 4.69) is 5.32 Å². The van der Waals surface area contributed by atoms with E-state index in [4.69, 9.17) is 18.9 Å². The van der Waals surface area contributed by atoms with Crippen molar-refractivity contribution < 1.29 is 29.2 Å². The molecular formula is C16H31NO6. The van der Waals surface area contributed by atoms with Gasteiger partial charge < -0.3 is 34.5 Å². The highest BCUT2D eigenvalue weighted by atomic mass is 16.7. The lowest BCUT2D eigenvalue weighted by Gasteiger charge is -2.41. The molecule has 0 amide bonds. The van der Waals surface area contributed by atoms with Gasteiger partial charge in [0.15, 0.2) is 11.6 Å². The first-order chi connectivity index (χ1) is 10.7. The molecule has 2 aliphatic heterocycles. The van der Waals surface area contributed by atoms with Gasteiger partial charge in [0.2, 0.25) is 0 Å². The summed E-state index contributed by atoms with van der Waals surface area (Å²) in [5.74, 6) is -1.37. The summed E-state index contributed by atoms with van der Waals surface area (Å²) in [4.78, 5) is 0. The van der Waals surface area contributed by atoms with Crippen LogP contribution in [0.5, 0.6) is 0 Å². The highest BCUT2D eigenvalue weighted by Crippen LogP contribution is 2.27. The van der Waals surface area contributed by atoms with Gasteiger partial charge >= 0.3 is 0 Å². The summed E-state index contributed by atoms with van der Waals surface area (Å²) in [5, 5.41) is 22.0. The van der Waals surface area contributed by atoms with Crippen molar-refractivity contribution in [1.29, 1.82) is 0 Å². The first-order valence-electron chi connectivity index (χ1n) is 8.36. The average Bonchev–Trinajstić information content (AvgIpc) is 2.43. The van der Waals surface area contributed by atoms with E-state index >= 15 is 0 Å². The smallest absolute Gasteiger partial charge is 0.163 e. The molecule has 2 rings (SSSR count). The quantitative estimate of drug-likeness (QED) is 0.647. The summed E-state index contributed by atoms with van der Waals surface area (Å²) in [6.07, 6.45) is 0.901. The Morgan fingerprint density at radius 3 is 1.43 bits per heavy atom. The van der Waals surface area contributed by atoms with Crippen LogP contribution < -0.4 is 5.32 Å². The van der Waals surface area contributed by atoms with Crippen LogP contribution in [0.4, 0.5) is 0 Å². The summed E-state index contributed by atoms with van der Waals surface area (Å²) >= 11 is 0. The van der Waals surface area contributed by atoms with Gasteiger partial charge in [0, 0.05) is 25.9 Å². The molecule has 0 aliphatic carbocycles. The molecule has 23 heavy (non-hydrogen) atoms. The van der Waals surface area contributed by atoms with Crippen LogP contribution in [0.3, 0.4) is 0 Å². The van der Waals surface area contributed by atoms with Crippen LogP contribution in [0.1, 0.15) is 40.5 Å². The Labute approximate surface area is 138 Å². The number of hydrogen-bond donors (Lipinski definition) is 3. The molecule has 0 aromatic heterocycles. The number of hydrogen-bond acceptors (Lipinski definition) is 7. The Hall–Kier alpha value is -0.280. The lowest BCUT2D eigenvalue weighted by atomic mass is 10.1. The second-order valence-corrected chi connectivity index (χ2v) is 7.25. The van der Waals surface area contributed by atoms with Crippen molar-refractivity contribution in [2.75, 3.05) is 26.3 Å². The van der Waals surface area contributed by atoms with Crippen LogP contribution in [0.25, 0.3) is 0 Å². The first-order valence-corrected chi connectivity index (χ1v) is 8.36. The van der Waals surface area contributed by atoms with Crippen molar-refractivity contribution in [3.8, 4) is 0 Å². The lowest BCUT2D eigenvalue weighted by molar-refractivity contribution is -0.306. The number of aliphatic hydroxyl groups excluding tert-OH is 2. The standard InChI is InChI=1S/C16H31NO6/c1-15(2)20-11(5-13(9-18)22-15)7-17-8-12-6-14(10-19)23-16(3,4)21-12/h11-14,17-19H,5-10H2,1-4H3/t11-,12-,13+,14+/m1/s1. The Bertz CT molecular complexity index is 342. The lowest BCUT2D eigenvalue weighted by Crippen LogP contribution is -2.51. The van der Waals surface area contributed by atoms with Gasteiger partial charge in [-0.2, -0.15) is 0 Å². The zero-order chi connectivity index (χ0) is 17.1. The fourth-order valence-electron chi connectivity index (χ4n) is 3.32. The van der Waals surface area contributed by atoms with Crippen molar-refractivity contribution in [3.05, 3.63) is 0 Å². The van der Waals surface area contributed by atoms with Crippen LogP contribution in [0.15, 0.2) is 0 Å². The molecule has 2 heterocycles. The number of ether oxygens (including phenoxy) is 4. The van der Waals surface area contributed by atoms with Gasteiger partial charge in [-0.25, -0.2) is 0 Å². The van der Waals surface area contributed by atoms with Crippen molar-refractivity contribution in [3.63, 3.8) is 0 Å². The van der Waals surface area contributed by atoms with E-state index in [-0.39, 0.29) is 37.6 Å². The van der Waals surface area contributed by atoms with Gasteiger partial charge in [0.1, 0.15) is 0 Å². The highest BCUT2D eigenvalue weighted by molar-refractivity contribution is 4.80. The van der Waals surface area contributed by atoms with Crippen molar-refractivity contribution in [2.45, 2.75) is 76.5 Å². The zero-order valence-corrected chi connectivity index (χ0v) is 14.6. The maximum Gasteiger partial charge on any atom is 0.163 e. The molecule has 2 saturated heterocycles. The van der Waals surface area contributed by atoms with Crippen LogP contribution in [-0.2, 0) is 18.9 Å². The van der Waals surface area contributed by atoms with Crippen LogP contribution in [0, 0.1) is 0 Å². The fourth-order valence-corrected chi connectivity index (χ4v) is 3.32. The van der Waals surface area contributed by atoms with E-state index in [9.17, 15) is 10.2 Å². The maximum absolute atomic E-state index is 9.33. The Morgan fingerprint density at radius 1 is 0.739 bits per heavy atom. The fraction of sp³-hybridized carbons (Fsp3) is 1.00. The molecule has 0 bridgehead atoms. The predicted octanol–water partition coefficient (Wildman–Crippen LogP) is 0.381. The highest BCUT2D eigenvalue weighted by Gasteiger charge is 2.37. The van der Waals surface area contributed by atoms with Gasteiger partial charge in [0.25, 0.3) is 0 Å². The van der Waals surface area contributed by atoms with Crippen molar-refractivity contribution in [1.82, 2.24) is 5.32 Å². The molecule has 0 aromatic carbocycles. The molecule has 2 aliphatic rings. The van der Waals surface area contributed by atoms with Gasteiger partial charge in [-0.15, -0.1) is 0 Å². The molecule has 0 spiro atoms. The van der Waals surface area contributed by atoms with Gasteiger partial charge in [-0.3, -0.25) is 0 Å². The normalized spacial score (nSPS) is 36.8. The summed E-state index contributed by atoms with van der Waals surface area (Å²) in [7, 11) is 0. The first kappa shape index (κ1) is 19.1. The minimum atomic E-state index is -0.683. The Kier molecular flexibility index (Phi) is 6.41. The maximum atomic E-state index is 9.33. The minimum Gasteiger partial charge on any atom is -0.394 e. The molecule has 4 atom stereocenters. The Morgan fingerprint density at radius 2 is 1.09 bits per heavy atom. The summed E-state index contributed by atoms with van der Waals surface area (Å²) in [6, 6.07) is 0. The third-order valence-electron chi connectivity index (χ3n) is 4.00. The molecule has 0 saturated carbocycles. The summed E-state index contributed by atoms with van der Waals surface area (Å²) < 4.78 is 23.0. The molecular weight excluding hydrogens is 302 g/mol. The zero-order valence-electron chi connectivity index (χ0n) is 14.6. The number of nitrogens with one attached hydrogen (secondary N) is 1. The van der Waals surface area contributed by atoms with Crippen molar-refractivity contribution >= 4 is 0 Å². The predicted molar refractivity (Wildman–Crippen MR) is 83.9 cm³/mol. The molecule has 7 heteroatoms. The van der Waals surface area contributed by atoms with Crippen LogP contribution >= 0.6 is 0 Å². The topological polar surface area (TPSA) is 89.4 Å². The molecule has 7 nitrogen and oxygen atoms in total. The third-order valence-corrected chi connectivity index (χ3v) is 4.00. The Balaban J connectivity index is 1.77. The van der Waals surface area contributed by atoms with Crippen molar-refractivity contribution in [2.24, 2.45) is 0 Å². The van der Waals surface area contributed by atoms with Gasteiger partial charge in [-0.05, 0) is 27.7 Å². The molecule has 2 fully saturated rings. The van der Waals surface area contributed by atoms with Gasteiger partial charge in [0.05, 0.1) is 37.6 Å². The molecule has 3 N–H and O–H groups in total. The second-order valence-electron chi connectivity index (χ2n) is 7.25. The number of aliphatic hydroxyl groups is 2.